The Hall–Kier alpha value is -3.43. The van der Waals surface area contributed by atoms with Crippen molar-refractivity contribution < 1.29 is 13.5 Å². The van der Waals surface area contributed by atoms with E-state index in [-0.39, 0.29) is 18.5 Å². The van der Waals surface area contributed by atoms with Gasteiger partial charge in [-0.15, -0.1) is 0 Å². The summed E-state index contributed by atoms with van der Waals surface area (Å²) in [6.45, 7) is 3.67. The first-order valence-corrected chi connectivity index (χ1v) is 12.2. The quantitative estimate of drug-likeness (QED) is 0.230. The Bertz CT molecular complexity index is 1220. The summed E-state index contributed by atoms with van der Waals surface area (Å²) in [5.74, 6) is 1.31. The number of fused-ring (bicyclic) bond motifs is 1. The third-order valence-electron chi connectivity index (χ3n) is 6.07. The summed E-state index contributed by atoms with van der Waals surface area (Å²) in [6.07, 6.45) is 1.82. The fourth-order valence-electron chi connectivity index (χ4n) is 4.16. The van der Waals surface area contributed by atoms with Gasteiger partial charge in [-0.3, -0.25) is 19.7 Å². The van der Waals surface area contributed by atoms with Gasteiger partial charge in [0.05, 0.1) is 18.1 Å². The number of piperidine rings is 1. The summed E-state index contributed by atoms with van der Waals surface area (Å²) in [6, 6.07) is 18.6. The van der Waals surface area contributed by atoms with E-state index in [1.54, 1.807) is 25.1 Å². The zero-order chi connectivity index (χ0) is 24.2. The van der Waals surface area contributed by atoms with E-state index < -0.39 is 11.3 Å². The van der Waals surface area contributed by atoms with Gasteiger partial charge in [-0.2, -0.15) is 0 Å². The number of hydrogen-bond donors (Lipinski definition) is 4. The SMILES string of the molecule is CC(=N)N1CCC(Oc2ccc(N(Cc3ccc4ccc(C(=N)N)cc4c3)S(=O)O)cc2)CC1. The van der Waals surface area contributed by atoms with Gasteiger partial charge in [-0.1, -0.05) is 24.3 Å². The van der Waals surface area contributed by atoms with Crippen LogP contribution < -0.4 is 14.8 Å². The number of hydrogen-bond acceptors (Lipinski definition) is 4. The molecule has 0 spiro atoms. The maximum Gasteiger partial charge on any atom is 0.262 e. The molecule has 1 aliphatic rings. The molecule has 1 unspecified atom stereocenters. The number of anilines is 1. The summed E-state index contributed by atoms with van der Waals surface area (Å²) in [4.78, 5) is 2.05. The Morgan fingerprint density at radius 3 is 2.38 bits per heavy atom. The molecular weight excluding hydrogens is 450 g/mol. The monoisotopic (exact) mass is 479 g/mol. The summed E-state index contributed by atoms with van der Waals surface area (Å²) in [7, 11) is 0. The van der Waals surface area contributed by atoms with Crippen LogP contribution in [0.5, 0.6) is 5.75 Å². The lowest BCUT2D eigenvalue weighted by molar-refractivity contribution is 0.130. The van der Waals surface area contributed by atoms with E-state index >= 15 is 0 Å². The average Bonchev–Trinajstić information content (AvgIpc) is 2.83. The van der Waals surface area contributed by atoms with E-state index in [9.17, 15) is 8.76 Å². The maximum atomic E-state index is 12.1. The van der Waals surface area contributed by atoms with Gasteiger partial charge >= 0.3 is 0 Å². The Kier molecular flexibility index (Phi) is 7.14. The molecule has 1 heterocycles. The predicted molar refractivity (Wildman–Crippen MR) is 137 cm³/mol. The molecule has 0 bridgehead atoms. The second-order valence-electron chi connectivity index (χ2n) is 8.46. The van der Waals surface area contributed by atoms with E-state index in [0.29, 0.717) is 17.1 Å². The van der Waals surface area contributed by atoms with Crippen LogP contribution in [0.1, 0.15) is 30.9 Å². The van der Waals surface area contributed by atoms with Crippen LogP contribution in [0, 0.1) is 10.8 Å². The molecule has 0 radical (unpaired) electrons. The molecule has 8 nitrogen and oxygen atoms in total. The minimum absolute atomic E-state index is 0.00286. The Morgan fingerprint density at radius 1 is 1.09 bits per heavy atom. The molecule has 9 heteroatoms. The molecule has 34 heavy (non-hydrogen) atoms. The lowest BCUT2D eigenvalue weighted by atomic mass is 10.0. The van der Waals surface area contributed by atoms with Gasteiger partial charge in [0.1, 0.15) is 17.7 Å². The number of nitrogen functional groups attached to an aromatic ring is 1. The highest BCUT2D eigenvalue weighted by Crippen LogP contribution is 2.26. The Morgan fingerprint density at radius 2 is 1.76 bits per heavy atom. The van der Waals surface area contributed by atoms with Crippen molar-refractivity contribution in [2.24, 2.45) is 5.73 Å². The molecule has 0 saturated carbocycles. The number of nitrogens with two attached hydrogens (primary N) is 1. The molecule has 0 aliphatic carbocycles. The molecule has 5 N–H and O–H groups in total. The van der Waals surface area contributed by atoms with Gasteiger partial charge in [-0.05, 0) is 59.7 Å². The molecule has 0 amide bonds. The van der Waals surface area contributed by atoms with Crippen molar-refractivity contribution in [1.29, 1.82) is 10.8 Å². The first-order valence-electron chi connectivity index (χ1n) is 11.1. The fourth-order valence-corrected chi connectivity index (χ4v) is 4.72. The summed E-state index contributed by atoms with van der Waals surface area (Å²) >= 11 is -2.21. The third kappa shape index (κ3) is 5.55. The number of likely N-dealkylation sites (tertiary alicyclic amines) is 1. The third-order valence-corrected chi connectivity index (χ3v) is 6.79. The number of amidine groups is 2. The molecular formula is C25H29N5O3S. The first-order chi connectivity index (χ1) is 16.3. The highest BCUT2D eigenvalue weighted by atomic mass is 32.2. The van der Waals surface area contributed by atoms with Crippen LogP contribution >= 0.6 is 0 Å². The summed E-state index contributed by atoms with van der Waals surface area (Å²) in [5, 5.41) is 17.3. The molecule has 1 fully saturated rings. The van der Waals surface area contributed by atoms with Crippen molar-refractivity contribution in [1.82, 2.24) is 4.90 Å². The topological polar surface area (TPSA) is 127 Å². The molecule has 3 aromatic carbocycles. The van der Waals surface area contributed by atoms with Crippen LogP contribution in [0.2, 0.25) is 0 Å². The molecule has 1 aliphatic heterocycles. The smallest absolute Gasteiger partial charge is 0.262 e. The van der Waals surface area contributed by atoms with Crippen LogP contribution in [0.25, 0.3) is 10.8 Å². The second-order valence-corrected chi connectivity index (χ2v) is 9.36. The fraction of sp³-hybridized carbons (Fsp3) is 0.280. The van der Waals surface area contributed by atoms with Crippen molar-refractivity contribution in [3.63, 3.8) is 0 Å². The van der Waals surface area contributed by atoms with Crippen molar-refractivity contribution in [3.8, 4) is 5.75 Å². The minimum atomic E-state index is -2.21. The van der Waals surface area contributed by atoms with E-state index in [1.165, 1.54) is 4.31 Å². The minimum Gasteiger partial charge on any atom is -0.490 e. The zero-order valence-electron chi connectivity index (χ0n) is 19.0. The molecule has 1 atom stereocenters. The lowest BCUT2D eigenvalue weighted by Gasteiger charge is -2.32. The summed E-state index contributed by atoms with van der Waals surface area (Å²) in [5.41, 5.74) is 7.73. The number of nitrogens with zero attached hydrogens (tertiary/aromatic N) is 2. The van der Waals surface area contributed by atoms with Crippen LogP contribution in [-0.4, -0.2) is 44.5 Å². The van der Waals surface area contributed by atoms with Gasteiger partial charge in [0.25, 0.3) is 11.3 Å². The maximum absolute atomic E-state index is 12.1. The molecule has 4 rings (SSSR count). The zero-order valence-corrected chi connectivity index (χ0v) is 19.8. The van der Waals surface area contributed by atoms with Crippen LogP contribution in [0.4, 0.5) is 5.69 Å². The largest absolute Gasteiger partial charge is 0.490 e. The number of rotatable bonds is 7. The van der Waals surface area contributed by atoms with Gasteiger partial charge in [-0.25, -0.2) is 4.21 Å². The first kappa shape index (κ1) is 23.7. The van der Waals surface area contributed by atoms with Crippen molar-refractivity contribution in [3.05, 3.63) is 71.8 Å². The Balaban J connectivity index is 1.46. The standard InChI is InChI=1S/C25H29N5O3S/c1-17(26)29-12-10-24(11-13-29)33-23-8-6-22(7-9-23)30(34(31)32)16-18-2-3-19-4-5-20(25(27)28)15-21(19)14-18/h2-9,14-15,24,26H,10-13,16H2,1H3,(H3,27,28)(H,31,32). The number of ether oxygens (including phenoxy) is 1. The van der Waals surface area contributed by atoms with Crippen LogP contribution in [0.3, 0.4) is 0 Å². The normalized spacial score (nSPS) is 15.2. The second kappa shape index (κ2) is 10.2. The van der Waals surface area contributed by atoms with Crippen molar-refractivity contribution in [2.45, 2.75) is 32.4 Å². The molecule has 0 aromatic heterocycles. The van der Waals surface area contributed by atoms with Gasteiger partial charge < -0.3 is 15.4 Å². The van der Waals surface area contributed by atoms with Gasteiger partial charge in [0.15, 0.2) is 0 Å². The average molecular weight is 480 g/mol. The molecule has 178 valence electrons. The predicted octanol–water partition coefficient (Wildman–Crippen LogP) is 4.11. The highest BCUT2D eigenvalue weighted by molar-refractivity contribution is 7.80. The van der Waals surface area contributed by atoms with E-state index in [2.05, 4.69) is 0 Å². The van der Waals surface area contributed by atoms with E-state index in [0.717, 1.165) is 48.0 Å². The van der Waals surface area contributed by atoms with Crippen molar-refractivity contribution in [2.75, 3.05) is 17.4 Å². The number of benzene rings is 3. The highest BCUT2D eigenvalue weighted by Gasteiger charge is 2.21. The molecule has 3 aromatic rings. The Labute approximate surface area is 201 Å². The van der Waals surface area contributed by atoms with E-state index in [1.807, 2.05) is 47.4 Å². The van der Waals surface area contributed by atoms with Gasteiger partial charge in [0, 0.05) is 31.5 Å². The molecule has 1 saturated heterocycles. The summed E-state index contributed by atoms with van der Waals surface area (Å²) < 4.78 is 29.6. The van der Waals surface area contributed by atoms with Gasteiger partial charge in [0.2, 0.25) is 0 Å². The van der Waals surface area contributed by atoms with E-state index in [4.69, 9.17) is 21.3 Å². The van der Waals surface area contributed by atoms with Crippen LogP contribution in [0.15, 0.2) is 60.7 Å². The van der Waals surface area contributed by atoms with Crippen molar-refractivity contribution >= 4 is 39.4 Å². The van der Waals surface area contributed by atoms with Crippen LogP contribution in [-0.2, 0) is 17.8 Å². The lowest BCUT2D eigenvalue weighted by Crippen LogP contribution is -2.40. The number of nitrogens with one attached hydrogen (secondary N) is 2.